The average Bonchev–Trinajstić information content (AvgIpc) is 2.59. The van der Waals surface area contributed by atoms with Gasteiger partial charge in [-0.05, 0) is 44.5 Å². The molecule has 0 aliphatic heterocycles. The van der Waals surface area contributed by atoms with Crippen LogP contribution in [0.25, 0.3) is 0 Å². The number of nitrogens with zero attached hydrogens (tertiary/aromatic N) is 2. The van der Waals surface area contributed by atoms with Crippen LogP contribution >= 0.6 is 0 Å². The summed E-state index contributed by atoms with van der Waals surface area (Å²) in [6, 6.07) is 8.03. The molecule has 2 rings (SSSR count). The molecule has 0 saturated heterocycles. The molecule has 1 aromatic heterocycles. The van der Waals surface area contributed by atoms with Gasteiger partial charge in [-0.15, -0.1) is 0 Å². The molecule has 0 bridgehead atoms. The van der Waals surface area contributed by atoms with E-state index in [1.165, 1.54) is 19.2 Å². The van der Waals surface area contributed by atoms with Gasteiger partial charge in [0.2, 0.25) is 0 Å². The fourth-order valence-corrected chi connectivity index (χ4v) is 2.31. The third-order valence-electron chi connectivity index (χ3n) is 3.61. The number of hydrogen-bond acceptors (Lipinski definition) is 5. The van der Waals surface area contributed by atoms with Gasteiger partial charge in [0.05, 0.1) is 19.3 Å². The van der Waals surface area contributed by atoms with Crippen LogP contribution in [0, 0.1) is 0 Å². The summed E-state index contributed by atoms with van der Waals surface area (Å²) in [5, 5.41) is 6.82. The Morgan fingerprint density at radius 3 is 2.48 bits per heavy atom. The van der Waals surface area contributed by atoms with Gasteiger partial charge in [-0.2, -0.15) is 5.10 Å². The van der Waals surface area contributed by atoms with Gasteiger partial charge >= 0.3 is 0 Å². The first kappa shape index (κ1) is 18.5. The summed E-state index contributed by atoms with van der Waals surface area (Å²) in [4.78, 5) is 23.7. The number of carbonyl (C=O) groups is 1. The molecule has 7 nitrogen and oxygen atoms in total. The third-order valence-corrected chi connectivity index (χ3v) is 3.61. The first-order valence-corrected chi connectivity index (χ1v) is 8.21. The molecular weight excluding hydrogens is 322 g/mol. The Labute approximate surface area is 146 Å². The first-order chi connectivity index (χ1) is 12.0. The zero-order valence-corrected chi connectivity index (χ0v) is 14.9. The van der Waals surface area contributed by atoms with Crippen molar-refractivity contribution in [2.45, 2.75) is 26.8 Å². The van der Waals surface area contributed by atoms with Gasteiger partial charge in [0, 0.05) is 13.1 Å². The molecule has 0 spiro atoms. The maximum absolute atomic E-state index is 12.3. The molecule has 134 valence electrons. The molecule has 1 N–H and O–H groups in total. The molecule has 1 atom stereocenters. The number of amides is 1. The van der Waals surface area contributed by atoms with Crippen LogP contribution in [0.2, 0.25) is 0 Å². The lowest BCUT2D eigenvalue weighted by Crippen LogP contribution is -2.30. The van der Waals surface area contributed by atoms with Crippen molar-refractivity contribution in [2.24, 2.45) is 7.05 Å². The molecule has 0 aliphatic rings. The standard InChI is InChI=1S/C18H23N3O4/c1-5-24-15-9-7-13(11-16(15)25-6-2)12(3)19-18(23)14-8-10-17(22)21(4)20-14/h7-12H,5-6H2,1-4H3,(H,19,23). The van der Waals surface area contributed by atoms with E-state index < -0.39 is 0 Å². The molecule has 1 aromatic carbocycles. The molecule has 0 fully saturated rings. The Bertz CT molecular complexity index is 801. The maximum Gasteiger partial charge on any atom is 0.272 e. The Hall–Kier alpha value is -2.83. The topological polar surface area (TPSA) is 82.5 Å². The van der Waals surface area contributed by atoms with E-state index in [9.17, 15) is 9.59 Å². The average molecular weight is 345 g/mol. The van der Waals surface area contributed by atoms with Crippen molar-refractivity contribution in [2.75, 3.05) is 13.2 Å². The monoisotopic (exact) mass is 345 g/mol. The molecule has 7 heteroatoms. The predicted molar refractivity (Wildman–Crippen MR) is 94.1 cm³/mol. The summed E-state index contributed by atoms with van der Waals surface area (Å²) in [6.07, 6.45) is 0. The van der Waals surface area contributed by atoms with E-state index in [2.05, 4.69) is 10.4 Å². The SMILES string of the molecule is CCOc1ccc(C(C)NC(=O)c2ccc(=O)n(C)n2)cc1OCC. The number of carbonyl (C=O) groups excluding carboxylic acids is 1. The Balaban J connectivity index is 2.17. The van der Waals surface area contributed by atoms with Crippen molar-refractivity contribution in [3.8, 4) is 11.5 Å². The Morgan fingerprint density at radius 2 is 1.84 bits per heavy atom. The van der Waals surface area contributed by atoms with Gasteiger partial charge in [-0.25, -0.2) is 4.68 Å². The van der Waals surface area contributed by atoms with Crippen LogP contribution in [0.5, 0.6) is 11.5 Å². The van der Waals surface area contributed by atoms with Gasteiger partial charge < -0.3 is 14.8 Å². The summed E-state index contributed by atoms with van der Waals surface area (Å²) < 4.78 is 12.3. The summed E-state index contributed by atoms with van der Waals surface area (Å²) in [7, 11) is 1.50. The van der Waals surface area contributed by atoms with E-state index in [0.29, 0.717) is 24.7 Å². The lowest BCUT2D eigenvalue weighted by atomic mass is 10.1. The normalized spacial score (nSPS) is 11.7. The van der Waals surface area contributed by atoms with Crippen LogP contribution in [0.4, 0.5) is 0 Å². The number of benzene rings is 1. The number of ether oxygens (including phenoxy) is 2. The fourth-order valence-electron chi connectivity index (χ4n) is 2.31. The lowest BCUT2D eigenvalue weighted by molar-refractivity contribution is 0.0932. The smallest absolute Gasteiger partial charge is 0.272 e. The zero-order valence-electron chi connectivity index (χ0n) is 14.9. The predicted octanol–water partition coefficient (Wildman–Crippen LogP) is 2.07. The van der Waals surface area contributed by atoms with Crippen LogP contribution in [0.3, 0.4) is 0 Å². The Morgan fingerprint density at radius 1 is 1.16 bits per heavy atom. The first-order valence-electron chi connectivity index (χ1n) is 8.21. The van der Waals surface area contributed by atoms with E-state index in [-0.39, 0.29) is 23.2 Å². The summed E-state index contributed by atoms with van der Waals surface area (Å²) in [6.45, 7) is 6.74. The highest BCUT2D eigenvalue weighted by atomic mass is 16.5. The second-order valence-electron chi connectivity index (χ2n) is 5.45. The van der Waals surface area contributed by atoms with Crippen LogP contribution < -0.4 is 20.3 Å². The quantitative estimate of drug-likeness (QED) is 0.831. The van der Waals surface area contributed by atoms with E-state index in [1.807, 2.05) is 39.0 Å². The Kier molecular flexibility index (Phi) is 6.16. The van der Waals surface area contributed by atoms with Gasteiger partial charge in [-0.3, -0.25) is 9.59 Å². The molecular formula is C18H23N3O4. The molecule has 2 aromatic rings. The van der Waals surface area contributed by atoms with Crippen molar-refractivity contribution < 1.29 is 14.3 Å². The minimum Gasteiger partial charge on any atom is -0.490 e. The van der Waals surface area contributed by atoms with Crippen molar-refractivity contribution in [3.63, 3.8) is 0 Å². The van der Waals surface area contributed by atoms with Crippen molar-refractivity contribution in [1.82, 2.24) is 15.1 Å². The summed E-state index contributed by atoms with van der Waals surface area (Å²) >= 11 is 0. The zero-order chi connectivity index (χ0) is 18.4. The second-order valence-corrected chi connectivity index (χ2v) is 5.45. The van der Waals surface area contributed by atoms with Crippen LogP contribution in [0.15, 0.2) is 35.1 Å². The van der Waals surface area contributed by atoms with Gasteiger partial charge in [0.1, 0.15) is 5.69 Å². The van der Waals surface area contributed by atoms with Crippen molar-refractivity contribution in [1.29, 1.82) is 0 Å². The molecule has 25 heavy (non-hydrogen) atoms. The van der Waals surface area contributed by atoms with Gasteiger partial charge in [0.15, 0.2) is 11.5 Å². The highest BCUT2D eigenvalue weighted by molar-refractivity contribution is 5.92. The van der Waals surface area contributed by atoms with Crippen LogP contribution in [-0.2, 0) is 7.05 Å². The number of aromatic nitrogens is 2. The maximum atomic E-state index is 12.3. The van der Waals surface area contributed by atoms with E-state index >= 15 is 0 Å². The number of aryl methyl sites for hydroxylation is 1. The fraction of sp³-hybridized carbons (Fsp3) is 0.389. The minimum absolute atomic E-state index is 0.185. The van der Waals surface area contributed by atoms with Gasteiger partial charge in [-0.1, -0.05) is 6.07 Å². The molecule has 1 unspecified atom stereocenters. The number of rotatable bonds is 7. The second kappa shape index (κ2) is 8.32. The molecule has 1 amide bonds. The third kappa shape index (κ3) is 4.59. The molecule has 1 heterocycles. The minimum atomic E-state index is -0.352. The highest BCUT2D eigenvalue weighted by Crippen LogP contribution is 2.30. The number of nitrogens with one attached hydrogen (secondary N) is 1. The highest BCUT2D eigenvalue weighted by Gasteiger charge is 2.15. The van der Waals surface area contributed by atoms with Crippen molar-refractivity contribution in [3.05, 3.63) is 51.9 Å². The van der Waals surface area contributed by atoms with E-state index in [1.54, 1.807) is 0 Å². The largest absolute Gasteiger partial charge is 0.490 e. The molecule has 0 aliphatic carbocycles. The summed E-state index contributed by atoms with van der Waals surface area (Å²) in [5.41, 5.74) is 0.799. The van der Waals surface area contributed by atoms with Gasteiger partial charge in [0.25, 0.3) is 11.5 Å². The molecule has 0 saturated carbocycles. The van der Waals surface area contributed by atoms with Crippen LogP contribution in [0.1, 0.15) is 42.9 Å². The molecule has 0 radical (unpaired) electrons. The van der Waals surface area contributed by atoms with E-state index in [4.69, 9.17) is 9.47 Å². The lowest BCUT2D eigenvalue weighted by Gasteiger charge is -2.17. The van der Waals surface area contributed by atoms with Crippen molar-refractivity contribution >= 4 is 5.91 Å². The number of hydrogen-bond donors (Lipinski definition) is 1. The van der Waals surface area contributed by atoms with Crippen LogP contribution in [-0.4, -0.2) is 28.9 Å². The van der Waals surface area contributed by atoms with E-state index in [0.717, 1.165) is 10.2 Å². The summed E-state index contributed by atoms with van der Waals surface area (Å²) in [5.74, 6) is 0.962.